The summed E-state index contributed by atoms with van der Waals surface area (Å²) in [5.41, 5.74) is 2.16. The summed E-state index contributed by atoms with van der Waals surface area (Å²) in [5, 5.41) is 10.2. The Bertz CT molecular complexity index is 431. The van der Waals surface area contributed by atoms with E-state index in [1.54, 1.807) is 0 Å². The number of nitrogens with zero attached hydrogens (tertiary/aromatic N) is 2. The first-order valence-electron chi connectivity index (χ1n) is 7.19. The van der Waals surface area contributed by atoms with Crippen molar-refractivity contribution in [3.8, 4) is 5.75 Å². The Balaban J connectivity index is 2.15. The van der Waals surface area contributed by atoms with Crippen molar-refractivity contribution in [2.45, 2.75) is 38.8 Å². The Kier molecular flexibility index (Phi) is 4.48. The molecule has 2 unspecified atom stereocenters. The molecule has 0 amide bonds. The maximum atomic E-state index is 10.2. The van der Waals surface area contributed by atoms with Crippen molar-refractivity contribution in [3.63, 3.8) is 0 Å². The Hall–Kier alpha value is -1.06. The van der Waals surface area contributed by atoms with Gasteiger partial charge in [-0.1, -0.05) is 12.1 Å². The number of benzene rings is 1. The average molecular weight is 262 g/mol. The average Bonchev–Trinajstić information content (AvgIpc) is 2.75. The van der Waals surface area contributed by atoms with E-state index in [4.69, 9.17) is 0 Å². The summed E-state index contributed by atoms with van der Waals surface area (Å²) < 4.78 is 0. The second kappa shape index (κ2) is 5.93. The van der Waals surface area contributed by atoms with E-state index in [9.17, 15) is 5.11 Å². The largest absolute Gasteiger partial charge is 0.508 e. The van der Waals surface area contributed by atoms with Crippen LogP contribution in [0.3, 0.4) is 0 Å². The molecule has 1 heterocycles. The smallest absolute Gasteiger partial charge is 0.120 e. The van der Waals surface area contributed by atoms with Gasteiger partial charge in [-0.3, -0.25) is 4.90 Å². The summed E-state index contributed by atoms with van der Waals surface area (Å²) >= 11 is 0. The number of hydrogen-bond acceptors (Lipinski definition) is 3. The first-order valence-corrected chi connectivity index (χ1v) is 7.19. The fourth-order valence-corrected chi connectivity index (χ4v) is 3.17. The van der Waals surface area contributed by atoms with Crippen LogP contribution in [0.25, 0.3) is 0 Å². The van der Waals surface area contributed by atoms with Gasteiger partial charge in [-0.15, -0.1) is 0 Å². The molecule has 1 N–H and O–H groups in total. The lowest BCUT2D eigenvalue weighted by Crippen LogP contribution is -2.39. The van der Waals surface area contributed by atoms with Gasteiger partial charge in [0.05, 0.1) is 0 Å². The van der Waals surface area contributed by atoms with Crippen LogP contribution >= 0.6 is 0 Å². The number of hydrogen-bond donors (Lipinski definition) is 1. The number of aryl methyl sites for hydroxylation is 1. The van der Waals surface area contributed by atoms with Gasteiger partial charge in [0.15, 0.2) is 0 Å². The highest BCUT2D eigenvalue weighted by Crippen LogP contribution is 2.34. The Morgan fingerprint density at radius 1 is 1.42 bits per heavy atom. The molecule has 0 radical (unpaired) electrons. The van der Waals surface area contributed by atoms with Gasteiger partial charge in [0.2, 0.25) is 0 Å². The topological polar surface area (TPSA) is 26.7 Å². The molecular formula is C16H26N2O. The van der Waals surface area contributed by atoms with E-state index in [2.05, 4.69) is 43.0 Å². The van der Waals surface area contributed by atoms with Gasteiger partial charge in [0.1, 0.15) is 5.75 Å². The summed E-state index contributed by atoms with van der Waals surface area (Å²) in [7, 11) is 4.26. The van der Waals surface area contributed by atoms with Crippen molar-refractivity contribution in [3.05, 3.63) is 29.3 Å². The zero-order valence-electron chi connectivity index (χ0n) is 12.6. The molecule has 0 bridgehead atoms. The second-order valence-electron chi connectivity index (χ2n) is 6.03. The van der Waals surface area contributed by atoms with E-state index < -0.39 is 0 Å². The fraction of sp³-hybridized carbons (Fsp3) is 0.625. The highest BCUT2D eigenvalue weighted by Gasteiger charge is 2.30. The molecule has 0 spiro atoms. The lowest BCUT2D eigenvalue weighted by atomic mass is 10.0. The van der Waals surface area contributed by atoms with Crippen LogP contribution in [0.15, 0.2) is 18.2 Å². The molecule has 0 aliphatic carbocycles. The lowest BCUT2D eigenvalue weighted by molar-refractivity contribution is 0.160. The second-order valence-corrected chi connectivity index (χ2v) is 6.03. The molecular weight excluding hydrogens is 236 g/mol. The predicted molar refractivity (Wildman–Crippen MR) is 79.5 cm³/mol. The van der Waals surface area contributed by atoms with Crippen LogP contribution in [0.2, 0.25) is 0 Å². The highest BCUT2D eigenvalue weighted by molar-refractivity contribution is 5.38. The van der Waals surface area contributed by atoms with E-state index in [0.29, 0.717) is 11.8 Å². The summed E-state index contributed by atoms with van der Waals surface area (Å²) in [5.74, 6) is 0.433. The van der Waals surface area contributed by atoms with Gasteiger partial charge in [0.25, 0.3) is 0 Å². The van der Waals surface area contributed by atoms with E-state index in [1.165, 1.54) is 12.8 Å². The van der Waals surface area contributed by atoms with Crippen molar-refractivity contribution in [2.75, 3.05) is 27.2 Å². The molecule has 19 heavy (non-hydrogen) atoms. The van der Waals surface area contributed by atoms with Crippen LogP contribution in [0.5, 0.6) is 5.75 Å². The zero-order chi connectivity index (χ0) is 14.0. The quantitative estimate of drug-likeness (QED) is 0.904. The third-order valence-electron chi connectivity index (χ3n) is 4.13. The minimum atomic E-state index is 0.285. The molecule has 2 atom stereocenters. The summed E-state index contributed by atoms with van der Waals surface area (Å²) in [6.45, 7) is 6.45. The maximum Gasteiger partial charge on any atom is 0.120 e. The van der Waals surface area contributed by atoms with Gasteiger partial charge < -0.3 is 10.0 Å². The molecule has 3 heteroatoms. The minimum absolute atomic E-state index is 0.285. The van der Waals surface area contributed by atoms with Crippen LogP contribution in [0.1, 0.15) is 36.9 Å². The predicted octanol–water partition coefficient (Wildman–Crippen LogP) is 2.79. The molecule has 1 saturated heterocycles. The van der Waals surface area contributed by atoms with Crippen molar-refractivity contribution < 1.29 is 5.11 Å². The van der Waals surface area contributed by atoms with Gasteiger partial charge in [0, 0.05) is 24.2 Å². The van der Waals surface area contributed by atoms with Gasteiger partial charge in [-0.25, -0.2) is 0 Å². The molecule has 106 valence electrons. The molecule has 2 rings (SSSR count). The number of phenolic OH excluding ortho intramolecular Hbond substituents is 1. The van der Waals surface area contributed by atoms with Crippen molar-refractivity contribution in [1.29, 1.82) is 0 Å². The number of likely N-dealkylation sites (N-methyl/N-ethyl adjacent to an activating group) is 1. The fourth-order valence-electron chi connectivity index (χ4n) is 3.17. The first kappa shape index (κ1) is 14.4. The molecule has 0 saturated carbocycles. The molecule has 0 aromatic heterocycles. The number of rotatable bonds is 4. The van der Waals surface area contributed by atoms with Gasteiger partial charge >= 0.3 is 0 Å². The van der Waals surface area contributed by atoms with E-state index in [1.807, 2.05) is 13.0 Å². The van der Waals surface area contributed by atoms with Crippen molar-refractivity contribution in [2.24, 2.45) is 0 Å². The van der Waals surface area contributed by atoms with E-state index >= 15 is 0 Å². The lowest BCUT2D eigenvalue weighted by Gasteiger charge is -2.32. The Morgan fingerprint density at radius 2 is 2.16 bits per heavy atom. The van der Waals surface area contributed by atoms with Crippen LogP contribution in [-0.4, -0.2) is 48.1 Å². The van der Waals surface area contributed by atoms with Gasteiger partial charge in [-0.2, -0.15) is 0 Å². The SMILES string of the molecule is Cc1ccc(C(C)N2CCCC2CN(C)C)c(O)c1. The number of likely N-dealkylation sites (tertiary alicyclic amines) is 1. The Morgan fingerprint density at radius 3 is 2.79 bits per heavy atom. The molecule has 3 nitrogen and oxygen atoms in total. The number of aromatic hydroxyl groups is 1. The highest BCUT2D eigenvalue weighted by atomic mass is 16.3. The summed E-state index contributed by atoms with van der Waals surface area (Å²) in [6, 6.07) is 6.91. The maximum absolute atomic E-state index is 10.2. The third kappa shape index (κ3) is 3.28. The minimum Gasteiger partial charge on any atom is -0.508 e. The molecule has 1 aliphatic rings. The number of phenols is 1. The summed E-state index contributed by atoms with van der Waals surface area (Å²) in [4.78, 5) is 4.79. The monoisotopic (exact) mass is 262 g/mol. The molecule has 1 aromatic carbocycles. The van der Waals surface area contributed by atoms with Crippen molar-refractivity contribution >= 4 is 0 Å². The first-order chi connectivity index (χ1) is 8.99. The Labute approximate surface area is 116 Å². The van der Waals surface area contributed by atoms with E-state index in [-0.39, 0.29) is 6.04 Å². The third-order valence-corrected chi connectivity index (χ3v) is 4.13. The van der Waals surface area contributed by atoms with Crippen LogP contribution in [-0.2, 0) is 0 Å². The normalized spacial score (nSPS) is 22.1. The molecule has 1 aliphatic heterocycles. The zero-order valence-corrected chi connectivity index (χ0v) is 12.6. The standard InChI is InChI=1S/C16H26N2O/c1-12-7-8-15(16(19)10-12)13(2)18-9-5-6-14(18)11-17(3)4/h7-8,10,13-14,19H,5-6,9,11H2,1-4H3. The van der Waals surface area contributed by atoms with Crippen LogP contribution < -0.4 is 0 Å². The molecule has 1 fully saturated rings. The van der Waals surface area contributed by atoms with E-state index in [0.717, 1.165) is 24.2 Å². The van der Waals surface area contributed by atoms with Crippen LogP contribution in [0, 0.1) is 6.92 Å². The van der Waals surface area contributed by atoms with Crippen LogP contribution in [0.4, 0.5) is 0 Å². The molecule has 1 aromatic rings. The summed E-state index contributed by atoms with van der Waals surface area (Å²) in [6.07, 6.45) is 2.52. The van der Waals surface area contributed by atoms with Crippen molar-refractivity contribution in [1.82, 2.24) is 9.80 Å². The van der Waals surface area contributed by atoms with Gasteiger partial charge in [-0.05, 0) is 59.0 Å².